The SMILES string of the molecule is CCOc1ccc(Br)cc1C(=O)Oc1ccc(Cl)cc1C(=O)OC. The highest BCUT2D eigenvalue weighted by Crippen LogP contribution is 2.28. The third-order valence-electron chi connectivity index (χ3n) is 3.01. The number of rotatable bonds is 5. The molecule has 7 heteroatoms. The number of halogens is 2. The van der Waals surface area contributed by atoms with Crippen LogP contribution in [0.1, 0.15) is 27.6 Å². The van der Waals surface area contributed by atoms with Gasteiger partial charge in [0.15, 0.2) is 0 Å². The quantitative estimate of drug-likeness (QED) is 0.533. The molecule has 0 bridgehead atoms. The molecular formula is C17H14BrClO5. The highest BCUT2D eigenvalue weighted by Gasteiger charge is 2.20. The Kier molecular flexibility index (Phi) is 6.23. The van der Waals surface area contributed by atoms with Gasteiger partial charge < -0.3 is 14.2 Å². The van der Waals surface area contributed by atoms with Crippen molar-refractivity contribution in [1.29, 1.82) is 0 Å². The van der Waals surface area contributed by atoms with Crippen molar-refractivity contribution in [2.24, 2.45) is 0 Å². The van der Waals surface area contributed by atoms with Crippen LogP contribution in [0.3, 0.4) is 0 Å². The van der Waals surface area contributed by atoms with Crippen molar-refractivity contribution >= 4 is 39.5 Å². The highest BCUT2D eigenvalue weighted by atomic mass is 79.9. The average molecular weight is 414 g/mol. The van der Waals surface area contributed by atoms with Gasteiger partial charge in [-0.1, -0.05) is 27.5 Å². The molecule has 0 aliphatic carbocycles. The molecule has 0 radical (unpaired) electrons. The second kappa shape index (κ2) is 8.17. The Morgan fingerprint density at radius 2 is 1.71 bits per heavy atom. The molecule has 0 aliphatic heterocycles. The Hall–Kier alpha value is -2.05. The number of benzene rings is 2. The lowest BCUT2D eigenvalue weighted by Gasteiger charge is -2.12. The summed E-state index contributed by atoms with van der Waals surface area (Å²) in [5.41, 5.74) is 0.295. The van der Waals surface area contributed by atoms with Crippen LogP contribution in [-0.2, 0) is 4.74 Å². The molecule has 0 atom stereocenters. The lowest BCUT2D eigenvalue weighted by molar-refractivity contribution is 0.0593. The molecule has 2 aromatic rings. The third kappa shape index (κ3) is 4.27. The minimum Gasteiger partial charge on any atom is -0.493 e. The molecule has 0 fully saturated rings. The summed E-state index contributed by atoms with van der Waals surface area (Å²) >= 11 is 9.19. The van der Waals surface area contributed by atoms with E-state index in [0.717, 1.165) is 0 Å². The van der Waals surface area contributed by atoms with E-state index in [9.17, 15) is 9.59 Å². The predicted molar refractivity (Wildman–Crippen MR) is 93.1 cm³/mol. The van der Waals surface area contributed by atoms with Gasteiger partial charge in [-0.15, -0.1) is 0 Å². The molecule has 0 unspecified atom stereocenters. The normalized spacial score (nSPS) is 10.2. The molecule has 0 saturated heterocycles. The van der Waals surface area contributed by atoms with E-state index in [2.05, 4.69) is 20.7 Å². The van der Waals surface area contributed by atoms with Crippen molar-refractivity contribution in [3.05, 3.63) is 57.0 Å². The fourth-order valence-corrected chi connectivity index (χ4v) is 2.49. The lowest BCUT2D eigenvalue weighted by atomic mass is 10.2. The van der Waals surface area contributed by atoms with Crippen molar-refractivity contribution < 1.29 is 23.8 Å². The first-order valence-electron chi connectivity index (χ1n) is 6.98. The van der Waals surface area contributed by atoms with Gasteiger partial charge in [0, 0.05) is 9.50 Å². The standard InChI is InChI=1S/C17H14BrClO5/c1-3-23-14-6-4-10(18)8-12(14)17(21)24-15-7-5-11(19)9-13(15)16(20)22-2/h4-9H,3H2,1-2H3. The number of ether oxygens (including phenoxy) is 3. The number of esters is 2. The van der Waals surface area contributed by atoms with Gasteiger partial charge in [0.2, 0.25) is 0 Å². The lowest BCUT2D eigenvalue weighted by Crippen LogP contribution is -2.14. The van der Waals surface area contributed by atoms with Crippen molar-refractivity contribution in [3.8, 4) is 11.5 Å². The molecular weight excluding hydrogens is 400 g/mol. The molecule has 0 aromatic heterocycles. The highest BCUT2D eigenvalue weighted by molar-refractivity contribution is 9.10. The van der Waals surface area contributed by atoms with Crippen LogP contribution in [0.2, 0.25) is 5.02 Å². The summed E-state index contributed by atoms with van der Waals surface area (Å²) in [6.07, 6.45) is 0. The molecule has 0 saturated carbocycles. The summed E-state index contributed by atoms with van der Waals surface area (Å²) in [5.74, 6) is -0.871. The molecule has 5 nitrogen and oxygen atoms in total. The van der Waals surface area contributed by atoms with E-state index < -0.39 is 11.9 Å². The van der Waals surface area contributed by atoms with Gasteiger partial charge in [-0.05, 0) is 43.3 Å². The van der Waals surface area contributed by atoms with Gasteiger partial charge in [-0.25, -0.2) is 9.59 Å². The van der Waals surface area contributed by atoms with Crippen LogP contribution in [-0.4, -0.2) is 25.7 Å². The van der Waals surface area contributed by atoms with Crippen LogP contribution in [0, 0.1) is 0 Å². The van der Waals surface area contributed by atoms with Crippen molar-refractivity contribution in [1.82, 2.24) is 0 Å². The molecule has 0 spiro atoms. The molecule has 0 amide bonds. The van der Waals surface area contributed by atoms with E-state index in [1.54, 1.807) is 18.2 Å². The zero-order valence-corrected chi connectivity index (χ0v) is 15.3. The Morgan fingerprint density at radius 1 is 1.04 bits per heavy atom. The maximum atomic E-state index is 12.5. The number of hydrogen-bond donors (Lipinski definition) is 0. The molecule has 24 heavy (non-hydrogen) atoms. The van der Waals surface area contributed by atoms with Crippen molar-refractivity contribution in [2.45, 2.75) is 6.92 Å². The van der Waals surface area contributed by atoms with Gasteiger partial charge in [-0.3, -0.25) is 0 Å². The zero-order chi connectivity index (χ0) is 17.7. The first-order valence-corrected chi connectivity index (χ1v) is 8.15. The van der Waals surface area contributed by atoms with E-state index in [-0.39, 0.29) is 16.9 Å². The van der Waals surface area contributed by atoms with E-state index >= 15 is 0 Å². The molecule has 2 rings (SSSR count). The van der Waals surface area contributed by atoms with E-state index in [1.165, 1.54) is 25.3 Å². The Morgan fingerprint density at radius 3 is 2.38 bits per heavy atom. The minimum absolute atomic E-state index is 0.0543. The minimum atomic E-state index is -0.660. The van der Waals surface area contributed by atoms with E-state index in [1.807, 2.05) is 6.92 Å². The van der Waals surface area contributed by atoms with Crippen LogP contribution in [0.15, 0.2) is 40.9 Å². The fraction of sp³-hybridized carbons (Fsp3) is 0.176. The Labute approximate surface area is 152 Å². The fourth-order valence-electron chi connectivity index (χ4n) is 1.96. The van der Waals surface area contributed by atoms with Crippen LogP contribution in [0.25, 0.3) is 0 Å². The van der Waals surface area contributed by atoms with Crippen LogP contribution >= 0.6 is 27.5 Å². The Balaban J connectivity index is 2.37. The van der Waals surface area contributed by atoms with E-state index in [0.29, 0.717) is 21.9 Å². The van der Waals surface area contributed by atoms with Crippen LogP contribution in [0.4, 0.5) is 0 Å². The van der Waals surface area contributed by atoms with Crippen molar-refractivity contribution in [2.75, 3.05) is 13.7 Å². The smallest absolute Gasteiger partial charge is 0.347 e. The number of carbonyl (C=O) groups is 2. The second-order valence-electron chi connectivity index (χ2n) is 4.60. The summed E-state index contributed by atoms with van der Waals surface area (Å²) in [6, 6.07) is 9.32. The summed E-state index contributed by atoms with van der Waals surface area (Å²) in [4.78, 5) is 24.3. The summed E-state index contributed by atoms with van der Waals surface area (Å²) in [5, 5.41) is 0.327. The second-order valence-corrected chi connectivity index (χ2v) is 5.95. The van der Waals surface area contributed by atoms with Crippen LogP contribution < -0.4 is 9.47 Å². The molecule has 2 aromatic carbocycles. The molecule has 0 aliphatic rings. The summed E-state index contributed by atoms with van der Waals surface area (Å²) < 4.78 is 16.2. The summed E-state index contributed by atoms with van der Waals surface area (Å²) in [7, 11) is 1.23. The molecule has 0 N–H and O–H groups in total. The maximum absolute atomic E-state index is 12.5. The number of methoxy groups -OCH3 is 1. The van der Waals surface area contributed by atoms with Gasteiger partial charge in [0.25, 0.3) is 0 Å². The molecule has 126 valence electrons. The first-order chi connectivity index (χ1) is 11.5. The summed E-state index contributed by atoms with van der Waals surface area (Å²) in [6.45, 7) is 2.21. The topological polar surface area (TPSA) is 61.8 Å². The molecule has 0 heterocycles. The van der Waals surface area contributed by atoms with Gasteiger partial charge in [0.05, 0.1) is 13.7 Å². The zero-order valence-electron chi connectivity index (χ0n) is 13.0. The van der Waals surface area contributed by atoms with Gasteiger partial charge >= 0.3 is 11.9 Å². The van der Waals surface area contributed by atoms with Gasteiger partial charge in [-0.2, -0.15) is 0 Å². The number of carbonyl (C=O) groups excluding carboxylic acids is 2. The maximum Gasteiger partial charge on any atom is 0.347 e. The van der Waals surface area contributed by atoms with Crippen molar-refractivity contribution in [3.63, 3.8) is 0 Å². The van der Waals surface area contributed by atoms with E-state index in [4.69, 9.17) is 21.1 Å². The van der Waals surface area contributed by atoms with Crippen LogP contribution in [0.5, 0.6) is 11.5 Å². The largest absolute Gasteiger partial charge is 0.493 e. The number of hydrogen-bond acceptors (Lipinski definition) is 5. The Bertz CT molecular complexity index is 776. The van der Waals surface area contributed by atoms with Gasteiger partial charge in [0.1, 0.15) is 22.6 Å². The predicted octanol–water partition coefficient (Wildman–Crippen LogP) is 4.51. The average Bonchev–Trinajstić information content (AvgIpc) is 2.57. The first kappa shape index (κ1) is 18.3. The monoisotopic (exact) mass is 412 g/mol. The third-order valence-corrected chi connectivity index (χ3v) is 3.74.